The summed E-state index contributed by atoms with van der Waals surface area (Å²) >= 11 is 1.57. The fraction of sp³-hybridized carbons (Fsp3) is 0.400. The predicted molar refractivity (Wildman–Crippen MR) is 102 cm³/mol. The van der Waals surface area contributed by atoms with E-state index in [1.165, 1.54) is 0 Å². The first-order chi connectivity index (χ1) is 12.7. The summed E-state index contributed by atoms with van der Waals surface area (Å²) in [5, 5.41) is 19.4. The maximum absolute atomic E-state index is 12.7. The zero-order valence-electron chi connectivity index (χ0n) is 14.6. The molecule has 1 saturated heterocycles. The van der Waals surface area contributed by atoms with Crippen LogP contribution in [-0.2, 0) is 0 Å². The van der Waals surface area contributed by atoms with Crippen LogP contribution < -0.4 is 0 Å². The highest BCUT2D eigenvalue weighted by atomic mass is 32.2. The summed E-state index contributed by atoms with van der Waals surface area (Å²) in [7, 11) is 0. The third-order valence-electron chi connectivity index (χ3n) is 4.73. The van der Waals surface area contributed by atoms with E-state index in [9.17, 15) is 9.90 Å². The SMILES string of the molecule is O=C(c1ccc(SCCO)cc1)N1CCC([C@@H](O)c2ccccn2)CC1. The smallest absolute Gasteiger partial charge is 0.253 e. The minimum atomic E-state index is -0.573. The number of likely N-dealkylation sites (tertiary alicyclic amines) is 1. The molecule has 3 rings (SSSR count). The van der Waals surface area contributed by atoms with Crippen molar-refractivity contribution in [1.29, 1.82) is 0 Å². The number of carbonyl (C=O) groups excluding carboxylic acids is 1. The van der Waals surface area contributed by atoms with Crippen molar-refractivity contribution in [3.8, 4) is 0 Å². The number of piperidine rings is 1. The Labute approximate surface area is 158 Å². The number of aliphatic hydroxyl groups is 2. The van der Waals surface area contributed by atoms with Crippen LogP contribution in [0.15, 0.2) is 53.6 Å². The number of aromatic nitrogens is 1. The minimum Gasteiger partial charge on any atom is -0.396 e. The van der Waals surface area contributed by atoms with Gasteiger partial charge in [0.2, 0.25) is 0 Å². The number of pyridine rings is 1. The first-order valence-electron chi connectivity index (χ1n) is 8.91. The Balaban J connectivity index is 1.55. The molecular weight excluding hydrogens is 348 g/mol. The van der Waals surface area contributed by atoms with E-state index in [0.717, 1.165) is 17.7 Å². The summed E-state index contributed by atoms with van der Waals surface area (Å²) in [6.07, 6.45) is 2.66. The second kappa shape index (κ2) is 9.16. The quantitative estimate of drug-likeness (QED) is 0.763. The molecule has 26 heavy (non-hydrogen) atoms. The van der Waals surface area contributed by atoms with E-state index >= 15 is 0 Å². The van der Waals surface area contributed by atoms with E-state index in [4.69, 9.17) is 5.11 Å². The molecule has 1 amide bonds. The monoisotopic (exact) mass is 372 g/mol. The van der Waals surface area contributed by atoms with Crippen molar-refractivity contribution in [3.05, 3.63) is 59.9 Å². The van der Waals surface area contributed by atoms with Crippen LogP contribution in [-0.4, -0.2) is 51.5 Å². The average molecular weight is 372 g/mol. The Morgan fingerprint density at radius 3 is 2.54 bits per heavy atom. The largest absolute Gasteiger partial charge is 0.396 e. The van der Waals surface area contributed by atoms with Gasteiger partial charge >= 0.3 is 0 Å². The highest BCUT2D eigenvalue weighted by molar-refractivity contribution is 7.99. The minimum absolute atomic E-state index is 0.0366. The lowest BCUT2D eigenvalue weighted by Crippen LogP contribution is -2.39. The summed E-state index contributed by atoms with van der Waals surface area (Å²) in [6, 6.07) is 13.1. The van der Waals surface area contributed by atoms with Crippen molar-refractivity contribution in [1.82, 2.24) is 9.88 Å². The Hall–Kier alpha value is -1.89. The third-order valence-corrected chi connectivity index (χ3v) is 5.72. The van der Waals surface area contributed by atoms with Gasteiger partial charge in [-0.1, -0.05) is 6.07 Å². The molecule has 2 N–H and O–H groups in total. The van der Waals surface area contributed by atoms with Crippen molar-refractivity contribution in [2.75, 3.05) is 25.4 Å². The van der Waals surface area contributed by atoms with Crippen LogP contribution in [0.4, 0.5) is 0 Å². The number of aliphatic hydroxyl groups excluding tert-OH is 2. The van der Waals surface area contributed by atoms with Crippen molar-refractivity contribution >= 4 is 17.7 Å². The van der Waals surface area contributed by atoms with E-state index in [2.05, 4.69) is 4.98 Å². The molecular formula is C20H24N2O3S. The highest BCUT2D eigenvalue weighted by Gasteiger charge is 2.29. The van der Waals surface area contributed by atoms with Gasteiger partial charge in [-0.3, -0.25) is 9.78 Å². The molecule has 0 radical (unpaired) electrons. The molecule has 0 bridgehead atoms. The predicted octanol–water partition coefficient (Wildman–Crippen LogP) is 2.75. The van der Waals surface area contributed by atoms with E-state index in [0.29, 0.717) is 30.1 Å². The Kier molecular flexibility index (Phi) is 6.66. The van der Waals surface area contributed by atoms with Crippen molar-refractivity contribution in [2.45, 2.75) is 23.8 Å². The van der Waals surface area contributed by atoms with Gasteiger partial charge in [0.15, 0.2) is 0 Å². The molecule has 1 aromatic carbocycles. The van der Waals surface area contributed by atoms with Crippen molar-refractivity contribution in [2.24, 2.45) is 5.92 Å². The molecule has 0 saturated carbocycles. The second-order valence-electron chi connectivity index (χ2n) is 6.43. The van der Waals surface area contributed by atoms with Gasteiger partial charge in [0.1, 0.15) is 0 Å². The lowest BCUT2D eigenvalue weighted by atomic mass is 9.89. The summed E-state index contributed by atoms with van der Waals surface area (Å²) in [5.74, 6) is 0.819. The zero-order valence-corrected chi connectivity index (χ0v) is 15.4. The zero-order chi connectivity index (χ0) is 18.4. The number of hydrogen-bond donors (Lipinski definition) is 2. The first-order valence-corrected chi connectivity index (χ1v) is 9.89. The van der Waals surface area contributed by atoms with Crippen molar-refractivity contribution < 1.29 is 15.0 Å². The molecule has 1 aromatic heterocycles. The molecule has 0 spiro atoms. The van der Waals surface area contributed by atoms with Gasteiger partial charge < -0.3 is 15.1 Å². The number of nitrogens with zero attached hydrogens (tertiary/aromatic N) is 2. The number of amides is 1. The third kappa shape index (κ3) is 4.63. The number of rotatable bonds is 6. The van der Waals surface area contributed by atoms with Gasteiger partial charge in [-0.15, -0.1) is 11.8 Å². The molecule has 2 heterocycles. The Morgan fingerprint density at radius 2 is 1.92 bits per heavy atom. The maximum Gasteiger partial charge on any atom is 0.253 e. The molecule has 138 valence electrons. The van der Waals surface area contributed by atoms with Crippen LogP contribution in [0.5, 0.6) is 0 Å². The standard InChI is InChI=1S/C20H24N2O3S/c23-13-14-26-17-6-4-16(5-7-17)20(25)22-11-8-15(9-12-22)19(24)18-3-1-2-10-21-18/h1-7,10,15,19,23-24H,8-9,11-14H2/t19-/m1/s1. The fourth-order valence-electron chi connectivity index (χ4n) is 3.25. The molecule has 1 fully saturated rings. The van der Waals surface area contributed by atoms with Gasteiger partial charge in [-0.2, -0.15) is 0 Å². The van der Waals surface area contributed by atoms with Gasteiger partial charge in [-0.25, -0.2) is 0 Å². The Morgan fingerprint density at radius 1 is 1.19 bits per heavy atom. The van der Waals surface area contributed by atoms with E-state index in [1.807, 2.05) is 47.4 Å². The first kappa shape index (κ1) is 18.9. The van der Waals surface area contributed by atoms with E-state index < -0.39 is 6.10 Å². The van der Waals surface area contributed by atoms with Gasteiger partial charge in [0.25, 0.3) is 5.91 Å². The maximum atomic E-state index is 12.7. The lowest BCUT2D eigenvalue weighted by Gasteiger charge is -2.34. The normalized spacial score (nSPS) is 16.5. The van der Waals surface area contributed by atoms with Crippen molar-refractivity contribution in [3.63, 3.8) is 0 Å². The van der Waals surface area contributed by atoms with Gasteiger partial charge in [-0.05, 0) is 55.2 Å². The fourth-order valence-corrected chi connectivity index (χ4v) is 3.91. The topological polar surface area (TPSA) is 73.7 Å². The molecule has 6 heteroatoms. The van der Waals surface area contributed by atoms with Crippen LogP contribution in [0.25, 0.3) is 0 Å². The molecule has 5 nitrogen and oxygen atoms in total. The second-order valence-corrected chi connectivity index (χ2v) is 7.59. The van der Waals surface area contributed by atoms with Crippen LogP contribution in [0.2, 0.25) is 0 Å². The average Bonchev–Trinajstić information content (AvgIpc) is 2.72. The number of hydrogen-bond acceptors (Lipinski definition) is 5. The molecule has 1 aliphatic rings. The molecule has 2 aromatic rings. The number of carbonyl (C=O) groups is 1. The summed E-state index contributed by atoms with van der Waals surface area (Å²) < 4.78 is 0. The molecule has 0 unspecified atom stereocenters. The molecule has 0 aliphatic carbocycles. The summed E-state index contributed by atoms with van der Waals surface area (Å²) in [6.45, 7) is 1.44. The van der Waals surface area contributed by atoms with E-state index in [-0.39, 0.29) is 18.4 Å². The lowest BCUT2D eigenvalue weighted by molar-refractivity contribution is 0.0447. The van der Waals surface area contributed by atoms with Crippen LogP contribution in [0, 0.1) is 5.92 Å². The number of thioether (sulfide) groups is 1. The van der Waals surface area contributed by atoms with Crippen LogP contribution in [0.3, 0.4) is 0 Å². The Bertz CT molecular complexity index is 701. The van der Waals surface area contributed by atoms with Crippen LogP contribution >= 0.6 is 11.8 Å². The summed E-state index contributed by atoms with van der Waals surface area (Å²) in [4.78, 5) is 19.8. The van der Waals surface area contributed by atoms with E-state index in [1.54, 1.807) is 18.0 Å². The van der Waals surface area contributed by atoms with Gasteiger partial charge in [0.05, 0.1) is 18.4 Å². The molecule has 1 aliphatic heterocycles. The number of benzene rings is 1. The highest BCUT2D eigenvalue weighted by Crippen LogP contribution is 2.30. The summed E-state index contributed by atoms with van der Waals surface area (Å²) in [5.41, 5.74) is 1.38. The molecule has 1 atom stereocenters. The van der Waals surface area contributed by atoms with Crippen LogP contribution in [0.1, 0.15) is 35.0 Å². The van der Waals surface area contributed by atoms with Gasteiger partial charge in [0, 0.05) is 35.5 Å².